The minimum atomic E-state index is -4.29. The topological polar surface area (TPSA) is 114 Å². The largest absolute Gasteiger partial charge is 0.307 e. The molecule has 8 nitrogen and oxygen atoms in total. The molecule has 1 amide bonds. The van der Waals surface area contributed by atoms with E-state index in [2.05, 4.69) is 10.3 Å². The van der Waals surface area contributed by atoms with E-state index in [0.29, 0.717) is 3.71 Å². The van der Waals surface area contributed by atoms with Crippen LogP contribution in [0.3, 0.4) is 0 Å². The summed E-state index contributed by atoms with van der Waals surface area (Å²) in [4.78, 5) is 15.4. The van der Waals surface area contributed by atoms with Crippen LogP contribution in [0.15, 0.2) is 76.7 Å². The summed E-state index contributed by atoms with van der Waals surface area (Å²) < 4.78 is 64.1. The van der Waals surface area contributed by atoms with Crippen LogP contribution in [0.5, 0.6) is 0 Å². The lowest BCUT2D eigenvalue weighted by molar-refractivity contribution is 0.102. The van der Waals surface area contributed by atoms with Gasteiger partial charge in [0.05, 0.1) is 11.9 Å². The molecule has 3 aromatic rings. The van der Waals surface area contributed by atoms with Gasteiger partial charge in [0.25, 0.3) is 26.0 Å². The molecule has 2 aromatic carbocycles. The number of carbonyl (C=O) groups is 1. The van der Waals surface area contributed by atoms with Crippen molar-refractivity contribution in [1.29, 1.82) is 0 Å². The molecule has 148 valence electrons. The molecule has 0 spiro atoms. The van der Waals surface area contributed by atoms with Crippen molar-refractivity contribution in [2.75, 3.05) is 9.03 Å². The molecular formula is C18H12FN3O5S2. The van der Waals surface area contributed by atoms with Crippen molar-refractivity contribution in [3.05, 3.63) is 78.2 Å². The first-order valence-corrected chi connectivity index (χ1v) is 11.0. The molecule has 1 N–H and O–H groups in total. The summed E-state index contributed by atoms with van der Waals surface area (Å²) in [5, 5.41) is 2.45. The summed E-state index contributed by atoms with van der Waals surface area (Å²) in [7, 11) is -8.59. The second kappa shape index (κ2) is 6.64. The summed E-state index contributed by atoms with van der Waals surface area (Å²) >= 11 is 0. The van der Waals surface area contributed by atoms with Gasteiger partial charge in [-0.25, -0.2) is 9.37 Å². The van der Waals surface area contributed by atoms with Crippen molar-refractivity contribution >= 4 is 37.5 Å². The van der Waals surface area contributed by atoms with Gasteiger partial charge in [-0.2, -0.15) is 20.5 Å². The van der Waals surface area contributed by atoms with Crippen molar-refractivity contribution in [1.82, 2.24) is 4.98 Å². The van der Waals surface area contributed by atoms with E-state index in [1.54, 1.807) is 0 Å². The Kier molecular flexibility index (Phi) is 4.35. The van der Waals surface area contributed by atoms with Gasteiger partial charge in [-0.1, -0.05) is 12.1 Å². The SMILES string of the molecule is O=C(Nc1ccc(F)cn1)c1ccc(N2S(=O)(=O)c3ccccc3S2(=O)=O)cc1. The van der Waals surface area contributed by atoms with Crippen LogP contribution in [0.1, 0.15) is 10.4 Å². The molecule has 0 bridgehead atoms. The van der Waals surface area contributed by atoms with Gasteiger partial charge in [0.15, 0.2) is 0 Å². The summed E-state index contributed by atoms with van der Waals surface area (Å²) in [6, 6.07) is 12.7. The first-order chi connectivity index (χ1) is 13.7. The molecule has 1 aromatic heterocycles. The van der Waals surface area contributed by atoms with Crippen molar-refractivity contribution in [2.24, 2.45) is 0 Å². The van der Waals surface area contributed by atoms with E-state index in [0.717, 1.165) is 12.3 Å². The molecule has 29 heavy (non-hydrogen) atoms. The molecule has 1 aliphatic rings. The number of hydrogen-bond acceptors (Lipinski definition) is 6. The molecular weight excluding hydrogens is 421 g/mol. The molecule has 1 aliphatic heterocycles. The lowest BCUT2D eigenvalue weighted by atomic mass is 10.2. The minimum absolute atomic E-state index is 0.126. The summed E-state index contributed by atoms with van der Waals surface area (Å²) in [5.41, 5.74) is 0.00374. The fraction of sp³-hybridized carbons (Fsp3) is 0. The fourth-order valence-electron chi connectivity index (χ4n) is 2.83. The standard InChI is InChI=1S/C18H12FN3O5S2/c19-13-7-10-17(20-11-13)21-18(23)12-5-8-14(9-6-12)22-28(24,25)15-3-1-2-4-16(15)29(22,26)27/h1-11H,(H,20,21,23). The van der Waals surface area contributed by atoms with E-state index < -0.39 is 31.8 Å². The van der Waals surface area contributed by atoms with E-state index in [-0.39, 0.29) is 26.9 Å². The average molecular weight is 433 g/mol. The zero-order valence-electron chi connectivity index (χ0n) is 14.5. The second-order valence-corrected chi connectivity index (χ2v) is 9.76. The number of carbonyl (C=O) groups excluding carboxylic acids is 1. The Morgan fingerprint density at radius 1 is 0.862 bits per heavy atom. The number of benzene rings is 2. The fourth-order valence-corrected chi connectivity index (χ4v) is 7.28. The number of anilines is 2. The summed E-state index contributed by atoms with van der Waals surface area (Å²) in [6.45, 7) is 0. The molecule has 0 atom stereocenters. The maximum atomic E-state index is 12.9. The van der Waals surface area contributed by atoms with Gasteiger partial charge in [0.1, 0.15) is 21.4 Å². The minimum Gasteiger partial charge on any atom is -0.307 e. The Morgan fingerprint density at radius 2 is 1.45 bits per heavy atom. The molecule has 11 heteroatoms. The molecule has 2 heterocycles. The van der Waals surface area contributed by atoms with Gasteiger partial charge >= 0.3 is 0 Å². The maximum Gasteiger partial charge on any atom is 0.279 e. The number of hydrogen-bond donors (Lipinski definition) is 1. The number of pyridine rings is 1. The van der Waals surface area contributed by atoms with Crippen LogP contribution in [0.2, 0.25) is 0 Å². The predicted octanol–water partition coefficient (Wildman–Crippen LogP) is 2.37. The molecule has 4 rings (SSSR count). The van der Waals surface area contributed by atoms with Crippen molar-refractivity contribution < 1.29 is 26.0 Å². The molecule has 0 fully saturated rings. The lowest BCUT2D eigenvalue weighted by Gasteiger charge is -2.16. The first-order valence-electron chi connectivity index (χ1n) is 8.14. The van der Waals surface area contributed by atoms with E-state index >= 15 is 0 Å². The maximum absolute atomic E-state index is 12.9. The third kappa shape index (κ3) is 3.13. The number of fused-ring (bicyclic) bond motifs is 1. The van der Waals surface area contributed by atoms with Gasteiger partial charge in [-0.3, -0.25) is 4.79 Å². The number of amides is 1. The summed E-state index contributed by atoms with van der Waals surface area (Å²) in [6.07, 6.45) is 0.944. The zero-order chi connectivity index (χ0) is 20.8. The monoisotopic (exact) mass is 433 g/mol. The van der Waals surface area contributed by atoms with Crippen LogP contribution in [-0.2, 0) is 20.0 Å². The zero-order valence-corrected chi connectivity index (χ0v) is 16.1. The number of nitrogens with zero attached hydrogens (tertiary/aromatic N) is 2. The van der Waals surface area contributed by atoms with Gasteiger partial charge in [-0.15, -0.1) is 0 Å². The van der Waals surface area contributed by atoms with E-state index in [4.69, 9.17) is 0 Å². The molecule has 0 saturated heterocycles. The molecule has 0 aliphatic carbocycles. The quantitative estimate of drug-likeness (QED) is 0.678. The van der Waals surface area contributed by atoms with Crippen LogP contribution < -0.4 is 9.03 Å². The van der Waals surface area contributed by atoms with Crippen LogP contribution in [0.4, 0.5) is 15.9 Å². The van der Waals surface area contributed by atoms with Gasteiger partial charge in [0.2, 0.25) is 0 Å². The predicted molar refractivity (Wildman–Crippen MR) is 102 cm³/mol. The van der Waals surface area contributed by atoms with E-state index in [9.17, 15) is 26.0 Å². The highest BCUT2D eigenvalue weighted by Crippen LogP contribution is 2.39. The van der Waals surface area contributed by atoms with Gasteiger partial charge < -0.3 is 5.32 Å². The first kappa shape index (κ1) is 19.0. The Bertz CT molecular complexity index is 1270. The number of halogens is 1. The second-order valence-electron chi connectivity index (χ2n) is 6.02. The van der Waals surface area contributed by atoms with Crippen LogP contribution in [0.25, 0.3) is 0 Å². The Hall–Kier alpha value is -3.31. The highest BCUT2D eigenvalue weighted by atomic mass is 32.3. The Balaban J connectivity index is 1.65. The van der Waals surface area contributed by atoms with Crippen molar-refractivity contribution in [3.8, 4) is 0 Å². The highest BCUT2D eigenvalue weighted by Gasteiger charge is 2.47. The van der Waals surface area contributed by atoms with Crippen molar-refractivity contribution in [3.63, 3.8) is 0 Å². The number of rotatable bonds is 3. The Labute approximate surface area is 165 Å². The van der Waals surface area contributed by atoms with Crippen LogP contribution in [0, 0.1) is 5.82 Å². The normalized spacial score (nSPS) is 16.2. The van der Waals surface area contributed by atoms with Gasteiger partial charge in [0, 0.05) is 5.56 Å². The smallest absolute Gasteiger partial charge is 0.279 e. The Morgan fingerprint density at radius 3 is 1.97 bits per heavy atom. The van der Waals surface area contributed by atoms with E-state index in [1.807, 2.05) is 0 Å². The average Bonchev–Trinajstić information content (AvgIpc) is 2.86. The molecule has 0 radical (unpaired) electrons. The molecule has 0 saturated carbocycles. The summed E-state index contributed by atoms with van der Waals surface area (Å²) in [5.74, 6) is -1.01. The third-order valence-electron chi connectivity index (χ3n) is 4.15. The molecule has 0 unspecified atom stereocenters. The van der Waals surface area contributed by atoms with Crippen LogP contribution in [-0.4, -0.2) is 27.7 Å². The third-order valence-corrected chi connectivity index (χ3v) is 8.58. The highest BCUT2D eigenvalue weighted by molar-refractivity contribution is 8.12. The van der Waals surface area contributed by atoms with Gasteiger partial charge in [-0.05, 0) is 48.5 Å². The van der Waals surface area contributed by atoms with Crippen molar-refractivity contribution in [2.45, 2.75) is 9.79 Å². The number of nitrogens with one attached hydrogen (secondary N) is 1. The number of aromatic nitrogens is 1. The lowest BCUT2D eigenvalue weighted by Crippen LogP contribution is -2.30. The van der Waals surface area contributed by atoms with E-state index in [1.165, 1.54) is 54.6 Å². The number of sulfonamides is 2. The van der Waals surface area contributed by atoms with Crippen LogP contribution >= 0.6 is 0 Å².